The summed E-state index contributed by atoms with van der Waals surface area (Å²) < 4.78 is 0. The Labute approximate surface area is 80.8 Å². The zero-order valence-corrected chi connectivity index (χ0v) is 3.52. The topological polar surface area (TPSA) is 24.4 Å². The van der Waals surface area contributed by atoms with E-state index < -0.39 is 0 Å². The average Bonchev–Trinajstić information content (AvgIpc) is 1.41. The van der Waals surface area contributed by atoms with Gasteiger partial charge in [-0.1, -0.05) is 0 Å². The molecular formula is C3H9KN2. The van der Waals surface area contributed by atoms with Crippen LogP contribution in [-0.2, 0) is 0 Å². The van der Waals surface area contributed by atoms with Gasteiger partial charge in [0.05, 0.1) is 6.34 Å². The molecule has 0 rings (SSSR count). The normalized spacial score (nSPS) is 7.67. The molecule has 32 valence electrons. The van der Waals surface area contributed by atoms with Crippen molar-refractivity contribution < 1.29 is 0 Å². The van der Waals surface area contributed by atoms with E-state index in [2.05, 4.69) is 10.3 Å². The van der Waals surface area contributed by atoms with Crippen LogP contribution in [0.25, 0.3) is 0 Å². The Morgan fingerprint density at radius 2 is 2.17 bits per heavy atom. The minimum absolute atomic E-state index is 0. The van der Waals surface area contributed by atoms with Gasteiger partial charge in [0.2, 0.25) is 0 Å². The van der Waals surface area contributed by atoms with E-state index in [0.29, 0.717) is 0 Å². The predicted molar refractivity (Wildman–Crippen MR) is 30.6 cm³/mol. The maximum atomic E-state index is 3.62. The molecule has 6 heavy (non-hydrogen) atoms. The molecule has 2 nitrogen and oxygen atoms in total. The van der Waals surface area contributed by atoms with Crippen molar-refractivity contribution in [3.05, 3.63) is 0 Å². The first-order valence-electron chi connectivity index (χ1n) is 1.49. The summed E-state index contributed by atoms with van der Waals surface area (Å²) in [7, 11) is 3.53. The Bertz CT molecular complexity index is 35.8. The van der Waals surface area contributed by atoms with Gasteiger partial charge in [0, 0.05) is 14.1 Å². The standard InChI is InChI=1S/C3H8N2.K.H/c1-4-3-5-2;;/h3H,1-2H3,(H,4,5);;. The molecule has 0 aliphatic heterocycles. The second-order valence-electron chi connectivity index (χ2n) is 0.676. The van der Waals surface area contributed by atoms with Crippen LogP contribution < -0.4 is 5.32 Å². The molecule has 0 atom stereocenters. The van der Waals surface area contributed by atoms with Gasteiger partial charge in [-0.2, -0.15) is 0 Å². The monoisotopic (exact) mass is 112 g/mol. The summed E-state index contributed by atoms with van der Waals surface area (Å²) in [5.41, 5.74) is 0. The van der Waals surface area contributed by atoms with Crippen LogP contribution in [0.15, 0.2) is 4.99 Å². The first-order valence-corrected chi connectivity index (χ1v) is 1.49. The van der Waals surface area contributed by atoms with Crippen LogP contribution in [0, 0.1) is 0 Å². The molecule has 0 spiro atoms. The molecule has 1 N–H and O–H groups in total. The van der Waals surface area contributed by atoms with E-state index in [1.165, 1.54) is 0 Å². The molecule has 0 saturated heterocycles. The van der Waals surface area contributed by atoms with Crippen LogP contribution in [0.1, 0.15) is 0 Å². The van der Waals surface area contributed by atoms with E-state index in [-0.39, 0.29) is 51.4 Å². The quantitative estimate of drug-likeness (QED) is 0.268. The summed E-state index contributed by atoms with van der Waals surface area (Å²) in [5, 5.41) is 2.73. The minimum atomic E-state index is 0. The van der Waals surface area contributed by atoms with Crippen LogP contribution in [0.5, 0.6) is 0 Å². The summed E-state index contributed by atoms with van der Waals surface area (Å²) >= 11 is 0. The number of rotatable bonds is 1. The van der Waals surface area contributed by atoms with Crippen molar-refractivity contribution in [2.45, 2.75) is 0 Å². The van der Waals surface area contributed by atoms with Gasteiger partial charge in [0.25, 0.3) is 0 Å². The van der Waals surface area contributed by atoms with E-state index in [4.69, 9.17) is 0 Å². The molecule has 0 amide bonds. The van der Waals surface area contributed by atoms with Crippen molar-refractivity contribution in [3.63, 3.8) is 0 Å². The van der Waals surface area contributed by atoms with Crippen LogP contribution >= 0.6 is 0 Å². The summed E-state index contributed by atoms with van der Waals surface area (Å²) in [6, 6.07) is 0. The van der Waals surface area contributed by atoms with Crippen LogP contribution in [0.4, 0.5) is 0 Å². The third kappa shape index (κ3) is 8.92. The molecule has 0 heterocycles. The first kappa shape index (κ1) is 10.2. The predicted octanol–water partition coefficient (Wildman–Crippen LogP) is -0.785. The van der Waals surface area contributed by atoms with Gasteiger partial charge in [0.15, 0.2) is 0 Å². The second kappa shape index (κ2) is 9.44. The van der Waals surface area contributed by atoms with Crippen molar-refractivity contribution >= 4 is 57.7 Å². The van der Waals surface area contributed by atoms with Gasteiger partial charge in [-0.05, 0) is 0 Å². The molecule has 0 aliphatic rings. The van der Waals surface area contributed by atoms with E-state index in [0.717, 1.165) is 0 Å². The van der Waals surface area contributed by atoms with Crippen LogP contribution in [-0.4, -0.2) is 71.8 Å². The van der Waals surface area contributed by atoms with Crippen molar-refractivity contribution in [1.82, 2.24) is 5.32 Å². The molecular weight excluding hydrogens is 103 g/mol. The number of nitrogens with zero attached hydrogens (tertiary/aromatic N) is 1. The molecule has 0 fully saturated rings. The van der Waals surface area contributed by atoms with Crippen molar-refractivity contribution in [2.75, 3.05) is 14.1 Å². The van der Waals surface area contributed by atoms with Gasteiger partial charge in [-0.25, -0.2) is 0 Å². The van der Waals surface area contributed by atoms with Gasteiger partial charge in [-0.3, -0.25) is 4.99 Å². The summed E-state index contributed by atoms with van der Waals surface area (Å²) in [5.74, 6) is 0. The van der Waals surface area contributed by atoms with E-state index in [1.54, 1.807) is 13.4 Å². The SMILES string of the molecule is C/N=C/NC.[KH]. The Kier molecular flexibility index (Phi) is 16.0. The van der Waals surface area contributed by atoms with Crippen molar-refractivity contribution in [2.24, 2.45) is 4.99 Å². The second-order valence-corrected chi connectivity index (χ2v) is 0.676. The fourth-order valence-corrected chi connectivity index (χ4v) is 0.129. The number of hydrogen-bond donors (Lipinski definition) is 1. The van der Waals surface area contributed by atoms with Gasteiger partial charge >= 0.3 is 51.4 Å². The van der Waals surface area contributed by atoms with Crippen LogP contribution in [0.3, 0.4) is 0 Å². The molecule has 0 unspecified atom stereocenters. The van der Waals surface area contributed by atoms with E-state index in [1.807, 2.05) is 7.05 Å². The van der Waals surface area contributed by atoms with E-state index in [9.17, 15) is 0 Å². The Hall–Kier alpha value is 1.11. The Balaban J connectivity index is 0. The average molecular weight is 112 g/mol. The molecule has 0 aliphatic carbocycles. The summed E-state index contributed by atoms with van der Waals surface area (Å²) in [6.45, 7) is 0. The molecule has 3 heteroatoms. The van der Waals surface area contributed by atoms with Crippen molar-refractivity contribution in [3.8, 4) is 0 Å². The van der Waals surface area contributed by atoms with Gasteiger partial charge < -0.3 is 5.32 Å². The first-order chi connectivity index (χ1) is 2.41. The third-order valence-electron chi connectivity index (χ3n) is 0.258. The zero-order valence-electron chi connectivity index (χ0n) is 3.52. The molecule has 0 aromatic heterocycles. The Morgan fingerprint density at radius 1 is 1.67 bits per heavy atom. The molecule has 0 radical (unpaired) electrons. The molecule has 0 saturated carbocycles. The van der Waals surface area contributed by atoms with Crippen LogP contribution in [0.2, 0.25) is 0 Å². The molecule has 0 aromatic rings. The molecule has 0 aromatic carbocycles. The van der Waals surface area contributed by atoms with Gasteiger partial charge in [-0.15, -0.1) is 0 Å². The number of hydrogen-bond acceptors (Lipinski definition) is 1. The zero-order chi connectivity index (χ0) is 4.12. The summed E-state index contributed by atoms with van der Waals surface area (Å²) in [4.78, 5) is 3.62. The maximum absolute atomic E-state index is 3.62. The fourth-order valence-electron chi connectivity index (χ4n) is 0.129. The number of aliphatic imine (C=N–C) groups is 1. The number of nitrogens with one attached hydrogen (secondary N) is 1. The summed E-state index contributed by atoms with van der Waals surface area (Å²) in [6.07, 6.45) is 1.62. The molecule has 0 bridgehead atoms. The van der Waals surface area contributed by atoms with Crippen molar-refractivity contribution in [1.29, 1.82) is 0 Å². The Morgan fingerprint density at radius 3 is 2.17 bits per heavy atom. The van der Waals surface area contributed by atoms with Gasteiger partial charge in [0.1, 0.15) is 0 Å². The van der Waals surface area contributed by atoms with E-state index >= 15 is 0 Å². The fraction of sp³-hybridized carbons (Fsp3) is 0.667. The third-order valence-corrected chi connectivity index (χ3v) is 0.258.